The topological polar surface area (TPSA) is 51.1 Å². The van der Waals surface area contributed by atoms with Crippen molar-refractivity contribution >= 4 is 33.3 Å². The number of fused-ring (bicyclic) bond motifs is 5. The second kappa shape index (κ2) is 8.40. The van der Waals surface area contributed by atoms with Gasteiger partial charge in [0.1, 0.15) is 6.10 Å². The largest absolute Gasteiger partial charge is 0.466 e. The molecule has 5 atom stereocenters. The van der Waals surface area contributed by atoms with E-state index in [4.69, 9.17) is 16.3 Å². The molecule has 0 amide bonds. The number of benzene rings is 2. The van der Waals surface area contributed by atoms with Gasteiger partial charge in [-0.05, 0) is 49.4 Å². The van der Waals surface area contributed by atoms with Crippen LogP contribution in [0.5, 0.6) is 5.88 Å². The van der Waals surface area contributed by atoms with Gasteiger partial charge in [0.05, 0.1) is 11.6 Å². The quantitative estimate of drug-likeness (QED) is 0.353. The Labute approximate surface area is 198 Å². The van der Waals surface area contributed by atoms with Crippen LogP contribution in [0.15, 0.2) is 73.4 Å². The summed E-state index contributed by atoms with van der Waals surface area (Å²) < 4.78 is 6.81. The number of nitrogens with zero attached hydrogens (tertiary/aromatic N) is 4. The maximum Gasteiger partial charge on any atom is 0.242 e. The summed E-state index contributed by atoms with van der Waals surface area (Å²) in [5, 5.41) is 11.8. The van der Waals surface area contributed by atoms with E-state index in [0.717, 1.165) is 46.7 Å². The van der Waals surface area contributed by atoms with E-state index in [0.29, 0.717) is 22.9 Å². The first kappa shape index (κ1) is 20.6. The molecule has 7 rings (SSSR count). The molecule has 2 aromatic carbocycles. The van der Waals surface area contributed by atoms with Crippen molar-refractivity contribution in [3.05, 3.63) is 84.2 Å². The lowest BCUT2D eigenvalue weighted by Gasteiger charge is -2.51. The van der Waals surface area contributed by atoms with Gasteiger partial charge in [0, 0.05) is 34.5 Å². The van der Waals surface area contributed by atoms with Crippen LogP contribution in [0.1, 0.15) is 24.5 Å². The smallest absolute Gasteiger partial charge is 0.242 e. The molecular weight excluding hydrogens is 432 g/mol. The number of hydrogen-bond donors (Lipinski definition) is 0. The molecule has 0 radical (unpaired) electrons. The SMILES string of the molecule is C=C[C@H]1CN2CC[C@H]1C[C@@H]2[C@@H](Oc1nnc(Cl)c2ccccc12)c1ccnc2ccccc12. The fraction of sp³-hybridized carbons (Fsp3) is 0.296. The van der Waals surface area contributed by atoms with Gasteiger partial charge < -0.3 is 4.74 Å². The van der Waals surface area contributed by atoms with Gasteiger partial charge in [0.15, 0.2) is 5.15 Å². The molecular formula is C27H25ClN4O. The molecule has 166 valence electrons. The number of para-hydroxylation sites is 1. The predicted octanol–water partition coefficient (Wildman–Crippen LogP) is 5.85. The summed E-state index contributed by atoms with van der Waals surface area (Å²) in [7, 11) is 0. The highest BCUT2D eigenvalue weighted by atomic mass is 35.5. The number of halogens is 1. The summed E-state index contributed by atoms with van der Waals surface area (Å²) in [6.07, 6.45) is 6.08. The Bertz CT molecular complexity index is 1340. The van der Waals surface area contributed by atoms with E-state index in [1.807, 2.05) is 36.5 Å². The lowest BCUT2D eigenvalue weighted by atomic mass is 9.73. The van der Waals surface area contributed by atoms with Gasteiger partial charge in [-0.2, -0.15) is 0 Å². The van der Waals surface area contributed by atoms with Crippen LogP contribution in [0.2, 0.25) is 5.15 Å². The van der Waals surface area contributed by atoms with Crippen LogP contribution in [0, 0.1) is 11.8 Å². The van der Waals surface area contributed by atoms with Gasteiger partial charge in [0.2, 0.25) is 5.88 Å². The molecule has 4 aromatic rings. The standard InChI is InChI=1S/C27H25ClN4O/c1-2-17-16-32-14-12-18(17)15-24(32)25(20-11-13-29-23-10-6-5-7-19(20)23)33-27-22-9-4-3-8-21(22)26(28)30-31-27/h2-11,13,17-18,24-25H,1,12,14-16H2/t17-,18-,24+,25-/m0/s1. The molecule has 5 nitrogen and oxygen atoms in total. The van der Waals surface area contributed by atoms with Crippen LogP contribution >= 0.6 is 11.6 Å². The van der Waals surface area contributed by atoms with Crippen LogP contribution < -0.4 is 4.74 Å². The minimum atomic E-state index is -0.203. The van der Waals surface area contributed by atoms with Crippen molar-refractivity contribution < 1.29 is 4.74 Å². The summed E-state index contributed by atoms with van der Waals surface area (Å²) in [5.74, 6) is 1.69. The summed E-state index contributed by atoms with van der Waals surface area (Å²) >= 11 is 6.34. The summed E-state index contributed by atoms with van der Waals surface area (Å²) in [6, 6.07) is 18.5. The van der Waals surface area contributed by atoms with E-state index in [2.05, 4.69) is 57.0 Å². The maximum absolute atomic E-state index is 6.81. The second-order valence-electron chi connectivity index (χ2n) is 9.04. The van der Waals surface area contributed by atoms with Gasteiger partial charge in [0.25, 0.3) is 0 Å². The highest BCUT2D eigenvalue weighted by molar-refractivity contribution is 6.34. The van der Waals surface area contributed by atoms with Crippen LogP contribution in [-0.4, -0.2) is 39.2 Å². The Morgan fingerprint density at radius 1 is 1.03 bits per heavy atom. The highest BCUT2D eigenvalue weighted by Gasteiger charge is 2.44. The third-order valence-electron chi connectivity index (χ3n) is 7.34. The molecule has 6 heteroatoms. The number of rotatable bonds is 5. The van der Waals surface area contributed by atoms with Crippen LogP contribution in [0.25, 0.3) is 21.7 Å². The molecule has 5 heterocycles. The number of piperidine rings is 3. The van der Waals surface area contributed by atoms with E-state index < -0.39 is 0 Å². The highest BCUT2D eigenvalue weighted by Crippen LogP contribution is 2.44. The van der Waals surface area contributed by atoms with Gasteiger partial charge >= 0.3 is 0 Å². The Morgan fingerprint density at radius 3 is 2.61 bits per heavy atom. The monoisotopic (exact) mass is 456 g/mol. The molecule has 0 spiro atoms. The first-order valence-electron chi connectivity index (χ1n) is 11.5. The van der Waals surface area contributed by atoms with Crippen molar-refractivity contribution in [2.75, 3.05) is 13.1 Å². The number of ether oxygens (including phenoxy) is 1. The van der Waals surface area contributed by atoms with E-state index in [-0.39, 0.29) is 12.1 Å². The van der Waals surface area contributed by atoms with Crippen LogP contribution in [0.4, 0.5) is 0 Å². The molecule has 0 aliphatic carbocycles. The molecule has 2 bridgehead atoms. The lowest BCUT2D eigenvalue weighted by molar-refractivity contribution is -0.0366. The zero-order valence-electron chi connectivity index (χ0n) is 18.3. The van der Waals surface area contributed by atoms with Crippen LogP contribution in [-0.2, 0) is 0 Å². The van der Waals surface area contributed by atoms with Gasteiger partial charge in [-0.25, -0.2) is 0 Å². The second-order valence-corrected chi connectivity index (χ2v) is 9.40. The zero-order chi connectivity index (χ0) is 22.4. The Kier molecular flexibility index (Phi) is 5.24. The van der Waals surface area contributed by atoms with E-state index in [9.17, 15) is 0 Å². The number of pyridine rings is 1. The average Bonchev–Trinajstić information content (AvgIpc) is 2.88. The average molecular weight is 457 g/mol. The van der Waals surface area contributed by atoms with E-state index in [1.54, 1.807) is 0 Å². The minimum Gasteiger partial charge on any atom is -0.466 e. The summed E-state index contributed by atoms with van der Waals surface area (Å²) in [5.41, 5.74) is 2.10. The first-order valence-corrected chi connectivity index (χ1v) is 11.9. The summed E-state index contributed by atoms with van der Waals surface area (Å²) in [4.78, 5) is 7.15. The molecule has 33 heavy (non-hydrogen) atoms. The van der Waals surface area contributed by atoms with Crippen molar-refractivity contribution in [1.29, 1.82) is 0 Å². The Morgan fingerprint density at radius 2 is 1.82 bits per heavy atom. The normalized spacial score (nSPS) is 25.2. The van der Waals surface area contributed by atoms with Crippen molar-refractivity contribution in [2.24, 2.45) is 11.8 Å². The maximum atomic E-state index is 6.81. The molecule has 3 aliphatic heterocycles. The predicted molar refractivity (Wildman–Crippen MR) is 131 cm³/mol. The van der Waals surface area contributed by atoms with Gasteiger partial charge in [-0.1, -0.05) is 54.1 Å². The fourth-order valence-corrected chi connectivity index (χ4v) is 5.86. The number of aromatic nitrogens is 3. The molecule has 3 saturated heterocycles. The summed E-state index contributed by atoms with van der Waals surface area (Å²) in [6.45, 7) is 6.19. The molecule has 3 aliphatic rings. The van der Waals surface area contributed by atoms with Gasteiger partial charge in [-0.15, -0.1) is 16.8 Å². The molecule has 3 fully saturated rings. The zero-order valence-corrected chi connectivity index (χ0v) is 19.0. The van der Waals surface area contributed by atoms with E-state index in [1.165, 1.54) is 6.42 Å². The van der Waals surface area contributed by atoms with Crippen LogP contribution in [0.3, 0.4) is 0 Å². The molecule has 1 unspecified atom stereocenters. The van der Waals surface area contributed by atoms with Gasteiger partial charge in [-0.3, -0.25) is 9.88 Å². The Hall–Kier alpha value is -3.02. The Balaban J connectivity index is 1.48. The van der Waals surface area contributed by atoms with Crippen molar-refractivity contribution in [2.45, 2.75) is 25.0 Å². The molecule has 0 saturated carbocycles. The van der Waals surface area contributed by atoms with Crippen molar-refractivity contribution in [3.8, 4) is 5.88 Å². The van der Waals surface area contributed by atoms with Crippen molar-refractivity contribution in [3.63, 3.8) is 0 Å². The van der Waals surface area contributed by atoms with Crippen molar-refractivity contribution in [1.82, 2.24) is 20.1 Å². The third kappa shape index (κ3) is 3.56. The fourth-order valence-electron chi connectivity index (χ4n) is 5.66. The third-order valence-corrected chi connectivity index (χ3v) is 7.62. The number of hydrogen-bond acceptors (Lipinski definition) is 5. The molecule has 2 aromatic heterocycles. The lowest BCUT2D eigenvalue weighted by Crippen LogP contribution is -2.55. The first-order chi connectivity index (χ1) is 16.2. The molecule has 0 N–H and O–H groups in total. The van der Waals surface area contributed by atoms with E-state index >= 15 is 0 Å². The minimum absolute atomic E-state index is 0.203.